The van der Waals surface area contributed by atoms with Crippen molar-refractivity contribution in [3.8, 4) is 0 Å². The second kappa shape index (κ2) is 3.84. The van der Waals surface area contributed by atoms with E-state index in [1.165, 1.54) is 6.07 Å². The standard InChI is InChI=1S/C8H8N2O4/c9-7(12)4-1-5(3-11)10-6(2-4)8(13)14/h1-2,11H,3H2,(H2,9,12)(H,13,14). The summed E-state index contributed by atoms with van der Waals surface area (Å²) in [6.45, 7) is -0.443. The summed E-state index contributed by atoms with van der Waals surface area (Å²) in [6.07, 6.45) is 0. The van der Waals surface area contributed by atoms with E-state index in [1.807, 2.05) is 0 Å². The number of hydrogen-bond acceptors (Lipinski definition) is 4. The van der Waals surface area contributed by atoms with E-state index >= 15 is 0 Å². The monoisotopic (exact) mass is 196 g/mol. The topological polar surface area (TPSA) is 114 Å². The fourth-order valence-electron chi connectivity index (χ4n) is 0.921. The molecule has 0 bridgehead atoms. The van der Waals surface area contributed by atoms with Gasteiger partial charge in [-0.05, 0) is 12.1 Å². The van der Waals surface area contributed by atoms with Gasteiger partial charge in [-0.3, -0.25) is 4.79 Å². The molecule has 14 heavy (non-hydrogen) atoms. The number of amides is 1. The van der Waals surface area contributed by atoms with E-state index in [2.05, 4.69) is 4.98 Å². The predicted molar refractivity (Wildman–Crippen MR) is 45.6 cm³/mol. The Morgan fingerprint density at radius 3 is 2.50 bits per heavy atom. The molecule has 74 valence electrons. The zero-order valence-corrected chi connectivity index (χ0v) is 7.10. The molecular formula is C8H8N2O4. The summed E-state index contributed by atoms with van der Waals surface area (Å²) in [6, 6.07) is 2.30. The van der Waals surface area contributed by atoms with Crippen LogP contribution in [0.4, 0.5) is 0 Å². The summed E-state index contributed by atoms with van der Waals surface area (Å²) in [5.41, 5.74) is 4.76. The van der Waals surface area contributed by atoms with Crippen LogP contribution < -0.4 is 5.73 Å². The second-order valence-electron chi connectivity index (χ2n) is 2.56. The number of rotatable bonds is 3. The average Bonchev–Trinajstić information content (AvgIpc) is 2.16. The number of carbonyl (C=O) groups excluding carboxylic acids is 1. The summed E-state index contributed by atoms with van der Waals surface area (Å²) in [4.78, 5) is 24.9. The van der Waals surface area contributed by atoms with Gasteiger partial charge in [0.2, 0.25) is 5.91 Å². The van der Waals surface area contributed by atoms with Crippen molar-refractivity contribution in [3.05, 3.63) is 29.1 Å². The Morgan fingerprint density at radius 2 is 2.07 bits per heavy atom. The van der Waals surface area contributed by atoms with Crippen LogP contribution in [0.15, 0.2) is 12.1 Å². The van der Waals surface area contributed by atoms with Crippen LogP contribution >= 0.6 is 0 Å². The molecule has 4 N–H and O–H groups in total. The highest BCUT2D eigenvalue weighted by Gasteiger charge is 2.11. The zero-order valence-electron chi connectivity index (χ0n) is 7.10. The van der Waals surface area contributed by atoms with Gasteiger partial charge in [0.25, 0.3) is 0 Å². The molecule has 0 spiro atoms. The van der Waals surface area contributed by atoms with Crippen molar-refractivity contribution in [1.29, 1.82) is 0 Å². The quantitative estimate of drug-likeness (QED) is 0.595. The number of aliphatic hydroxyl groups excluding tert-OH is 1. The smallest absolute Gasteiger partial charge is 0.354 e. The van der Waals surface area contributed by atoms with Crippen LogP contribution in [-0.4, -0.2) is 27.1 Å². The van der Waals surface area contributed by atoms with Gasteiger partial charge in [0.15, 0.2) is 0 Å². The largest absolute Gasteiger partial charge is 0.477 e. The first-order valence-electron chi connectivity index (χ1n) is 3.69. The molecule has 1 amide bonds. The highest BCUT2D eigenvalue weighted by Crippen LogP contribution is 2.06. The summed E-state index contributed by atoms with van der Waals surface area (Å²) < 4.78 is 0. The van der Waals surface area contributed by atoms with E-state index < -0.39 is 18.5 Å². The van der Waals surface area contributed by atoms with E-state index in [0.29, 0.717) is 0 Å². The maximum Gasteiger partial charge on any atom is 0.354 e. The van der Waals surface area contributed by atoms with Crippen LogP contribution in [0.3, 0.4) is 0 Å². The molecule has 0 radical (unpaired) electrons. The van der Waals surface area contributed by atoms with Crippen molar-refractivity contribution in [2.24, 2.45) is 5.73 Å². The van der Waals surface area contributed by atoms with Crippen molar-refractivity contribution in [1.82, 2.24) is 4.98 Å². The van der Waals surface area contributed by atoms with Crippen molar-refractivity contribution in [2.75, 3.05) is 0 Å². The fraction of sp³-hybridized carbons (Fsp3) is 0.125. The van der Waals surface area contributed by atoms with Gasteiger partial charge < -0.3 is 15.9 Å². The first-order valence-corrected chi connectivity index (χ1v) is 3.69. The molecule has 0 fully saturated rings. The zero-order chi connectivity index (χ0) is 10.7. The van der Waals surface area contributed by atoms with Gasteiger partial charge in [-0.15, -0.1) is 0 Å². The van der Waals surface area contributed by atoms with Crippen LogP contribution in [0.2, 0.25) is 0 Å². The third-order valence-corrected chi connectivity index (χ3v) is 1.54. The maximum absolute atomic E-state index is 10.8. The van der Waals surface area contributed by atoms with Crippen LogP contribution in [0.5, 0.6) is 0 Å². The second-order valence-corrected chi connectivity index (χ2v) is 2.56. The number of nitrogens with zero attached hydrogens (tertiary/aromatic N) is 1. The third-order valence-electron chi connectivity index (χ3n) is 1.54. The SMILES string of the molecule is NC(=O)c1cc(CO)nc(C(=O)O)c1. The van der Waals surface area contributed by atoms with Gasteiger partial charge in [0, 0.05) is 5.56 Å². The summed E-state index contributed by atoms with van der Waals surface area (Å²) in [5, 5.41) is 17.4. The van der Waals surface area contributed by atoms with E-state index in [-0.39, 0.29) is 17.0 Å². The van der Waals surface area contributed by atoms with Crippen molar-refractivity contribution >= 4 is 11.9 Å². The molecule has 0 saturated carbocycles. The van der Waals surface area contributed by atoms with E-state index in [0.717, 1.165) is 6.07 Å². The highest BCUT2D eigenvalue weighted by atomic mass is 16.4. The number of nitrogens with two attached hydrogens (primary N) is 1. The lowest BCUT2D eigenvalue weighted by atomic mass is 10.2. The molecule has 0 saturated heterocycles. The number of pyridine rings is 1. The maximum atomic E-state index is 10.8. The molecule has 1 aromatic heterocycles. The Hall–Kier alpha value is -1.95. The Kier molecular flexibility index (Phi) is 2.78. The normalized spacial score (nSPS) is 9.79. The average molecular weight is 196 g/mol. The molecule has 0 aliphatic carbocycles. The molecule has 1 heterocycles. The summed E-state index contributed by atoms with van der Waals surface area (Å²) in [5.74, 6) is -2.03. The molecular weight excluding hydrogens is 188 g/mol. The predicted octanol–water partition coefficient (Wildman–Crippen LogP) is -0.629. The van der Waals surface area contributed by atoms with E-state index in [1.54, 1.807) is 0 Å². The molecule has 0 atom stereocenters. The molecule has 6 nitrogen and oxygen atoms in total. The molecule has 0 unspecified atom stereocenters. The molecule has 1 aromatic rings. The third kappa shape index (κ3) is 2.05. The molecule has 0 aliphatic heterocycles. The van der Waals surface area contributed by atoms with Crippen LogP contribution in [0.25, 0.3) is 0 Å². The van der Waals surface area contributed by atoms with Crippen molar-refractivity contribution in [2.45, 2.75) is 6.61 Å². The summed E-state index contributed by atoms with van der Waals surface area (Å²) in [7, 11) is 0. The minimum Gasteiger partial charge on any atom is -0.477 e. The van der Waals surface area contributed by atoms with Gasteiger partial charge in [-0.25, -0.2) is 9.78 Å². The van der Waals surface area contributed by atoms with Crippen LogP contribution in [0.1, 0.15) is 26.5 Å². The van der Waals surface area contributed by atoms with Crippen molar-refractivity contribution in [3.63, 3.8) is 0 Å². The molecule has 0 aliphatic rings. The summed E-state index contributed by atoms with van der Waals surface area (Å²) >= 11 is 0. The Balaban J connectivity index is 3.27. The number of carboxylic acids is 1. The van der Waals surface area contributed by atoms with E-state index in [4.69, 9.17) is 15.9 Å². The molecule has 1 rings (SSSR count). The Morgan fingerprint density at radius 1 is 1.43 bits per heavy atom. The minimum absolute atomic E-state index is 0.0152. The number of aromatic carboxylic acids is 1. The van der Waals surface area contributed by atoms with Crippen LogP contribution in [-0.2, 0) is 6.61 Å². The van der Waals surface area contributed by atoms with Crippen molar-refractivity contribution < 1.29 is 19.8 Å². The highest BCUT2D eigenvalue weighted by molar-refractivity contribution is 5.95. The van der Waals surface area contributed by atoms with Crippen LogP contribution in [0, 0.1) is 0 Å². The number of carboxylic acid groups (broad SMARTS) is 1. The lowest BCUT2D eigenvalue weighted by Crippen LogP contribution is -2.14. The fourth-order valence-corrected chi connectivity index (χ4v) is 0.921. The van der Waals surface area contributed by atoms with Gasteiger partial charge in [0.1, 0.15) is 5.69 Å². The van der Waals surface area contributed by atoms with E-state index in [9.17, 15) is 9.59 Å². The number of aromatic nitrogens is 1. The lowest BCUT2D eigenvalue weighted by molar-refractivity contribution is 0.0690. The first kappa shape index (κ1) is 10.1. The number of carbonyl (C=O) groups is 2. The minimum atomic E-state index is -1.28. The van der Waals surface area contributed by atoms with Gasteiger partial charge in [-0.1, -0.05) is 0 Å². The number of primary amides is 1. The lowest BCUT2D eigenvalue weighted by Gasteiger charge is -2.01. The van der Waals surface area contributed by atoms with Gasteiger partial charge in [-0.2, -0.15) is 0 Å². The number of aliphatic hydroxyl groups is 1. The Labute approximate surface area is 79.0 Å². The van der Waals surface area contributed by atoms with Gasteiger partial charge in [0.05, 0.1) is 12.3 Å². The molecule has 0 aromatic carbocycles. The Bertz CT molecular complexity index is 357. The molecule has 6 heteroatoms. The first-order chi connectivity index (χ1) is 6.54. The number of hydrogen-bond donors (Lipinski definition) is 3. The van der Waals surface area contributed by atoms with Gasteiger partial charge >= 0.3 is 5.97 Å².